The molecule has 15 heavy (non-hydrogen) atoms. The van der Waals surface area contributed by atoms with Gasteiger partial charge < -0.3 is 9.72 Å². The van der Waals surface area contributed by atoms with Gasteiger partial charge in [0.25, 0.3) is 12.0 Å². The van der Waals surface area contributed by atoms with Crippen molar-refractivity contribution in [2.24, 2.45) is 0 Å². The summed E-state index contributed by atoms with van der Waals surface area (Å²) < 4.78 is 29.3. The van der Waals surface area contributed by atoms with Crippen LogP contribution in [0.5, 0.6) is 0 Å². The van der Waals surface area contributed by atoms with Crippen molar-refractivity contribution in [1.82, 2.24) is 4.98 Å². The first-order chi connectivity index (χ1) is 6.99. The lowest BCUT2D eigenvalue weighted by molar-refractivity contribution is 0.0587. The Morgan fingerprint density at radius 1 is 1.60 bits per heavy atom. The van der Waals surface area contributed by atoms with Crippen LogP contribution < -0.4 is 5.56 Å². The van der Waals surface area contributed by atoms with E-state index >= 15 is 0 Å². The van der Waals surface area contributed by atoms with Crippen molar-refractivity contribution in [2.45, 2.75) is 6.43 Å². The molecule has 0 bridgehead atoms. The van der Waals surface area contributed by atoms with Crippen LogP contribution in [0, 0.1) is 0 Å². The van der Waals surface area contributed by atoms with E-state index in [1.807, 2.05) is 0 Å². The molecular formula is C8H6ClF2NO3. The van der Waals surface area contributed by atoms with Crippen LogP contribution in [-0.2, 0) is 4.74 Å². The second-order valence-electron chi connectivity index (χ2n) is 2.55. The summed E-state index contributed by atoms with van der Waals surface area (Å²) >= 11 is 5.44. The Morgan fingerprint density at radius 2 is 2.20 bits per heavy atom. The highest BCUT2D eigenvalue weighted by molar-refractivity contribution is 6.31. The van der Waals surface area contributed by atoms with Crippen molar-refractivity contribution in [2.75, 3.05) is 7.11 Å². The van der Waals surface area contributed by atoms with Crippen molar-refractivity contribution < 1.29 is 18.3 Å². The topological polar surface area (TPSA) is 59.2 Å². The van der Waals surface area contributed by atoms with E-state index in [1.165, 1.54) is 0 Å². The van der Waals surface area contributed by atoms with Crippen molar-refractivity contribution in [3.8, 4) is 0 Å². The fraction of sp³-hybridized carbons (Fsp3) is 0.250. The molecule has 0 saturated heterocycles. The number of carbonyl (C=O) groups is 1. The number of nitrogens with one attached hydrogen (secondary N) is 1. The molecule has 4 nitrogen and oxygen atoms in total. The summed E-state index contributed by atoms with van der Waals surface area (Å²) in [7, 11) is 0.984. The average Bonchev–Trinajstić information content (AvgIpc) is 2.19. The third-order valence-electron chi connectivity index (χ3n) is 1.69. The van der Waals surface area contributed by atoms with E-state index in [-0.39, 0.29) is 5.02 Å². The number of rotatable bonds is 2. The molecule has 1 aromatic heterocycles. The highest BCUT2D eigenvalue weighted by atomic mass is 35.5. The van der Waals surface area contributed by atoms with Crippen molar-refractivity contribution >= 4 is 17.6 Å². The fourth-order valence-corrected chi connectivity index (χ4v) is 1.27. The predicted octanol–water partition coefficient (Wildman–Crippen LogP) is 1.75. The zero-order chi connectivity index (χ0) is 11.6. The van der Waals surface area contributed by atoms with Crippen molar-refractivity contribution in [3.05, 3.63) is 32.7 Å². The molecule has 0 aliphatic heterocycles. The van der Waals surface area contributed by atoms with Gasteiger partial charge in [-0.1, -0.05) is 11.6 Å². The minimum Gasteiger partial charge on any atom is -0.465 e. The van der Waals surface area contributed by atoms with Gasteiger partial charge in [-0.2, -0.15) is 0 Å². The second-order valence-corrected chi connectivity index (χ2v) is 2.95. The molecule has 0 aliphatic rings. The van der Waals surface area contributed by atoms with Crippen molar-refractivity contribution in [1.29, 1.82) is 0 Å². The van der Waals surface area contributed by atoms with E-state index < -0.39 is 29.1 Å². The van der Waals surface area contributed by atoms with E-state index in [0.29, 0.717) is 0 Å². The van der Waals surface area contributed by atoms with Gasteiger partial charge in [-0.05, 0) is 0 Å². The minimum atomic E-state index is -3.02. The SMILES string of the molecule is COC(=O)c1c(C(F)F)c(Cl)c[nH]c1=O. The smallest absolute Gasteiger partial charge is 0.344 e. The van der Waals surface area contributed by atoms with Crippen LogP contribution in [0.3, 0.4) is 0 Å². The molecule has 0 atom stereocenters. The van der Waals surface area contributed by atoms with Gasteiger partial charge in [0.05, 0.1) is 17.7 Å². The van der Waals surface area contributed by atoms with E-state index in [0.717, 1.165) is 13.3 Å². The highest BCUT2D eigenvalue weighted by Gasteiger charge is 2.25. The first kappa shape index (κ1) is 11.6. The number of carbonyl (C=O) groups excluding carboxylic acids is 1. The molecule has 0 saturated carbocycles. The number of methoxy groups -OCH3 is 1. The van der Waals surface area contributed by atoms with Crippen molar-refractivity contribution in [3.63, 3.8) is 0 Å². The molecular weight excluding hydrogens is 232 g/mol. The van der Waals surface area contributed by atoms with Crippen LogP contribution in [0.15, 0.2) is 11.0 Å². The van der Waals surface area contributed by atoms with E-state index in [9.17, 15) is 18.4 Å². The number of aromatic amines is 1. The number of ether oxygens (including phenoxy) is 1. The number of aromatic nitrogens is 1. The highest BCUT2D eigenvalue weighted by Crippen LogP contribution is 2.28. The quantitative estimate of drug-likeness (QED) is 0.798. The maximum absolute atomic E-state index is 12.5. The Balaban J connectivity index is 3.52. The minimum absolute atomic E-state index is 0.384. The van der Waals surface area contributed by atoms with Gasteiger partial charge in [0, 0.05) is 6.20 Å². The van der Waals surface area contributed by atoms with Gasteiger partial charge in [-0.3, -0.25) is 4.79 Å². The van der Waals surface area contributed by atoms with Gasteiger partial charge in [-0.15, -0.1) is 0 Å². The molecule has 0 spiro atoms. The second kappa shape index (κ2) is 4.39. The Kier molecular flexibility index (Phi) is 3.41. The zero-order valence-electron chi connectivity index (χ0n) is 7.51. The monoisotopic (exact) mass is 237 g/mol. The van der Waals surface area contributed by atoms with Gasteiger partial charge in [0.1, 0.15) is 5.56 Å². The van der Waals surface area contributed by atoms with E-state index in [1.54, 1.807) is 0 Å². The molecule has 0 fully saturated rings. The molecule has 1 aromatic rings. The predicted molar refractivity (Wildman–Crippen MR) is 48.4 cm³/mol. The standard InChI is InChI=1S/C8H6ClF2NO3/c1-15-8(14)5-4(6(10)11)3(9)2-12-7(5)13/h2,6H,1H3,(H,12,13). The Hall–Kier alpha value is -1.43. The molecule has 0 amide bonds. The van der Waals surface area contributed by atoms with Crippen LogP contribution in [0.25, 0.3) is 0 Å². The molecule has 0 aromatic carbocycles. The molecule has 7 heteroatoms. The fourth-order valence-electron chi connectivity index (χ4n) is 1.04. The molecule has 0 unspecified atom stereocenters. The summed E-state index contributed by atoms with van der Waals surface area (Å²) in [6.07, 6.45) is -2.12. The largest absolute Gasteiger partial charge is 0.465 e. The summed E-state index contributed by atoms with van der Waals surface area (Å²) in [5, 5.41) is -0.384. The van der Waals surface area contributed by atoms with E-state index in [4.69, 9.17) is 11.6 Å². The zero-order valence-corrected chi connectivity index (χ0v) is 8.27. The summed E-state index contributed by atoms with van der Waals surface area (Å²) in [4.78, 5) is 24.3. The van der Waals surface area contributed by atoms with Crippen LogP contribution in [0.4, 0.5) is 8.78 Å². The molecule has 1 heterocycles. The van der Waals surface area contributed by atoms with Crippen LogP contribution in [-0.4, -0.2) is 18.1 Å². The molecule has 0 aliphatic carbocycles. The third kappa shape index (κ3) is 2.15. The van der Waals surface area contributed by atoms with Crippen LogP contribution >= 0.6 is 11.6 Å². The number of alkyl halides is 2. The summed E-state index contributed by atoms with van der Waals surface area (Å²) in [6.45, 7) is 0. The average molecular weight is 238 g/mol. The Bertz CT molecular complexity index is 444. The number of hydrogen-bond acceptors (Lipinski definition) is 3. The van der Waals surface area contributed by atoms with Gasteiger partial charge >= 0.3 is 5.97 Å². The molecule has 1 rings (SSSR count). The number of H-pyrrole nitrogens is 1. The number of pyridine rings is 1. The Labute approximate surface area is 87.8 Å². The van der Waals surface area contributed by atoms with Gasteiger partial charge in [0.15, 0.2) is 0 Å². The number of esters is 1. The summed E-state index contributed by atoms with van der Waals surface area (Å²) in [5.74, 6) is -1.14. The van der Waals surface area contributed by atoms with Gasteiger partial charge in [0.2, 0.25) is 0 Å². The third-order valence-corrected chi connectivity index (χ3v) is 2.00. The number of halogens is 3. The lowest BCUT2D eigenvalue weighted by atomic mass is 10.1. The maximum atomic E-state index is 12.5. The van der Waals surface area contributed by atoms with Crippen LogP contribution in [0.1, 0.15) is 22.3 Å². The first-order valence-electron chi connectivity index (χ1n) is 3.76. The van der Waals surface area contributed by atoms with Gasteiger partial charge in [-0.25, -0.2) is 13.6 Å². The lowest BCUT2D eigenvalue weighted by Gasteiger charge is -2.07. The molecule has 82 valence electrons. The molecule has 0 radical (unpaired) electrons. The van der Waals surface area contributed by atoms with Crippen LogP contribution in [0.2, 0.25) is 5.02 Å². The normalized spacial score (nSPS) is 10.5. The first-order valence-corrected chi connectivity index (χ1v) is 4.14. The lowest BCUT2D eigenvalue weighted by Crippen LogP contribution is -2.22. The van der Waals surface area contributed by atoms with E-state index in [2.05, 4.69) is 9.72 Å². The molecule has 1 N–H and O–H groups in total. The maximum Gasteiger partial charge on any atom is 0.344 e. The number of hydrogen-bond donors (Lipinski definition) is 1. The Morgan fingerprint density at radius 3 is 2.67 bits per heavy atom. The summed E-state index contributed by atoms with van der Waals surface area (Å²) in [5.41, 5.74) is -2.53. The summed E-state index contributed by atoms with van der Waals surface area (Å²) in [6, 6.07) is 0.